The summed E-state index contributed by atoms with van der Waals surface area (Å²) >= 11 is 1.41. The zero-order valence-corrected chi connectivity index (χ0v) is 12.8. The van der Waals surface area contributed by atoms with Crippen molar-refractivity contribution in [2.24, 2.45) is 4.99 Å². The molecule has 1 amide bonds. The van der Waals surface area contributed by atoms with Crippen LogP contribution in [0.5, 0.6) is 11.5 Å². The van der Waals surface area contributed by atoms with Gasteiger partial charge in [0.15, 0.2) is 16.7 Å². The van der Waals surface area contributed by atoms with Gasteiger partial charge in [0.1, 0.15) is 0 Å². The van der Waals surface area contributed by atoms with Crippen LogP contribution in [-0.2, 0) is 4.79 Å². The number of benzene rings is 1. The summed E-state index contributed by atoms with van der Waals surface area (Å²) in [6, 6.07) is 6.03. The highest BCUT2D eigenvalue weighted by molar-refractivity contribution is 8.18. The minimum atomic E-state index is -0.0839. The quantitative estimate of drug-likeness (QED) is 0.852. The van der Waals surface area contributed by atoms with Crippen molar-refractivity contribution in [1.82, 2.24) is 5.32 Å². The molecule has 4 rings (SSSR count). The van der Waals surface area contributed by atoms with Crippen LogP contribution in [0, 0.1) is 0 Å². The van der Waals surface area contributed by atoms with Crippen molar-refractivity contribution in [2.75, 3.05) is 6.79 Å². The number of nitrogens with one attached hydrogen (secondary N) is 1. The summed E-state index contributed by atoms with van der Waals surface area (Å²) in [5.41, 5.74) is 0.920. The fraction of sp³-hybridized carbons (Fsp3) is 0.375. The number of aliphatic imine (C=N–C) groups is 1. The molecule has 3 aliphatic rings. The van der Waals surface area contributed by atoms with E-state index in [2.05, 4.69) is 10.3 Å². The molecule has 1 saturated carbocycles. The molecule has 1 saturated heterocycles. The second-order valence-electron chi connectivity index (χ2n) is 5.55. The van der Waals surface area contributed by atoms with Crippen molar-refractivity contribution in [3.63, 3.8) is 0 Å². The number of thioether (sulfide) groups is 1. The van der Waals surface area contributed by atoms with Crippen LogP contribution in [0.1, 0.15) is 31.2 Å². The van der Waals surface area contributed by atoms with Crippen molar-refractivity contribution >= 4 is 28.9 Å². The lowest BCUT2D eigenvalue weighted by Crippen LogP contribution is -2.21. The lowest BCUT2D eigenvalue weighted by atomic mass is 10.2. The third-order valence-corrected chi connectivity index (χ3v) is 4.89. The minimum Gasteiger partial charge on any atom is -0.454 e. The molecule has 2 fully saturated rings. The molecule has 5 nitrogen and oxygen atoms in total. The lowest BCUT2D eigenvalue weighted by molar-refractivity contribution is -0.115. The molecule has 114 valence electrons. The van der Waals surface area contributed by atoms with Crippen LogP contribution in [0.15, 0.2) is 28.1 Å². The average molecular weight is 316 g/mol. The number of amides is 1. The fourth-order valence-corrected chi connectivity index (χ4v) is 3.73. The highest BCUT2D eigenvalue weighted by Gasteiger charge is 2.26. The summed E-state index contributed by atoms with van der Waals surface area (Å²) < 4.78 is 10.6. The number of carbonyl (C=O) groups is 1. The van der Waals surface area contributed by atoms with Crippen molar-refractivity contribution in [3.8, 4) is 11.5 Å². The van der Waals surface area contributed by atoms with Gasteiger partial charge in [0.2, 0.25) is 6.79 Å². The number of nitrogens with zero attached hydrogens (tertiary/aromatic N) is 1. The van der Waals surface area contributed by atoms with E-state index >= 15 is 0 Å². The molecule has 2 aliphatic heterocycles. The summed E-state index contributed by atoms with van der Waals surface area (Å²) in [6.07, 6.45) is 6.58. The number of amidine groups is 1. The number of ether oxygens (including phenoxy) is 2. The van der Waals surface area contributed by atoms with Crippen molar-refractivity contribution in [1.29, 1.82) is 0 Å². The number of fused-ring (bicyclic) bond motifs is 1. The summed E-state index contributed by atoms with van der Waals surface area (Å²) in [6.45, 7) is 0.253. The predicted octanol–water partition coefficient (Wildman–Crippen LogP) is 2.92. The first-order chi connectivity index (χ1) is 10.8. The second kappa shape index (κ2) is 5.68. The van der Waals surface area contributed by atoms with Crippen LogP contribution in [-0.4, -0.2) is 23.9 Å². The third kappa shape index (κ3) is 2.70. The Morgan fingerprint density at radius 2 is 2.05 bits per heavy atom. The van der Waals surface area contributed by atoms with E-state index in [9.17, 15) is 4.79 Å². The molecule has 1 aliphatic carbocycles. The van der Waals surface area contributed by atoms with Crippen LogP contribution in [0.25, 0.3) is 6.08 Å². The first kappa shape index (κ1) is 13.7. The van der Waals surface area contributed by atoms with Crippen LogP contribution in [0.3, 0.4) is 0 Å². The monoisotopic (exact) mass is 316 g/mol. The molecule has 0 radical (unpaired) electrons. The van der Waals surface area contributed by atoms with Gasteiger partial charge in [-0.25, -0.2) is 0 Å². The van der Waals surface area contributed by atoms with Crippen molar-refractivity contribution in [3.05, 3.63) is 28.7 Å². The standard InChI is InChI=1S/C16H16N2O3S/c19-15-14(22-16(18-15)17-11-3-1-2-4-11)8-10-5-6-12-13(7-10)21-9-20-12/h5-8,11H,1-4,9H2,(H,17,18,19)/b14-8-. The molecule has 22 heavy (non-hydrogen) atoms. The Kier molecular flexibility index (Phi) is 3.54. The molecule has 0 unspecified atom stereocenters. The summed E-state index contributed by atoms with van der Waals surface area (Å²) in [5.74, 6) is 1.38. The fourth-order valence-electron chi connectivity index (χ4n) is 2.84. The smallest absolute Gasteiger partial charge is 0.264 e. The van der Waals surface area contributed by atoms with E-state index in [0.29, 0.717) is 10.9 Å². The number of rotatable bonds is 2. The molecular formula is C16H16N2O3S. The maximum atomic E-state index is 12.1. The maximum Gasteiger partial charge on any atom is 0.264 e. The van der Waals surface area contributed by atoms with Gasteiger partial charge in [-0.15, -0.1) is 0 Å². The summed E-state index contributed by atoms with van der Waals surface area (Å²) in [5, 5.41) is 3.58. The lowest BCUT2D eigenvalue weighted by Gasteiger charge is -2.02. The number of hydrogen-bond donors (Lipinski definition) is 1. The van der Waals surface area contributed by atoms with E-state index in [1.807, 2.05) is 24.3 Å². The largest absolute Gasteiger partial charge is 0.454 e. The summed E-state index contributed by atoms with van der Waals surface area (Å²) in [4.78, 5) is 17.4. The van der Waals surface area contributed by atoms with Crippen molar-refractivity contribution in [2.45, 2.75) is 31.7 Å². The molecule has 1 aromatic rings. The van der Waals surface area contributed by atoms with Crippen LogP contribution in [0.2, 0.25) is 0 Å². The molecule has 0 spiro atoms. The van der Waals surface area contributed by atoms with Gasteiger partial charge in [0.05, 0.1) is 10.9 Å². The highest BCUT2D eigenvalue weighted by Crippen LogP contribution is 2.34. The van der Waals surface area contributed by atoms with E-state index in [-0.39, 0.29) is 12.7 Å². The Hall–Kier alpha value is -1.95. The van der Waals surface area contributed by atoms with E-state index < -0.39 is 0 Å². The first-order valence-corrected chi connectivity index (χ1v) is 8.28. The molecule has 2 heterocycles. The van der Waals surface area contributed by atoms with E-state index in [1.54, 1.807) is 0 Å². The zero-order valence-electron chi connectivity index (χ0n) is 12.0. The van der Waals surface area contributed by atoms with Gasteiger partial charge in [0, 0.05) is 0 Å². The molecule has 1 N–H and O–H groups in total. The molecule has 6 heteroatoms. The van der Waals surface area contributed by atoms with Gasteiger partial charge in [-0.3, -0.25) is 9.79 Å². The average Bonchev–Trinajstić information content (AvgIpc) is 3.21. The number of hydrogen-bond acceptors (Lipinski definition) is 5. The second-order valence-corrected chi connectivity index (χ2v) is 6.58. The van der Waals surface area contributed by atoms with Crippen molar-refractivity contribution < 1.29 is 14.3 Å². The molecular weight excluding hydrogens is 300 g/mol. The Balaban J connectivity index is 1.53. The minimum absolute atomic E-state index is 0.0839. The summed E-state index contributed by atoms with van der Waals surface area (Å²) in [7, 11) is 0. The van der Waals surface area contributed by atoms with Gasteiger partial charge in [-0.1, -0.05) is 18.9 Å². The van der Waals surface area contributed by atoms with Gasteiger partial charge < -0.3 is 14.8 Å². The van der Waals surface area contributed by atoms with Gasteiger partial charge >= 0.3 is 0 Å². The van der Waals surface area contributed by atoms with Gasteiger partial charge in [0.25, 0.3) is 5.91 Å². The molecule has 0 bridgehead atoms. The zero-order chi connectivity index (χ0) is 14.9. The van der Waals surface area contributed by atoms with Crippen LogP contribution >= 0.6 is 11.8 Å². The normalized spacial score (nSPS) is 24.5. The first-order valence-electron chi connectivity index (χ1n) is 7.46. The topological polar surface area (TPSA) is 59.9 Å². The highest BCUT2D eigenvalue weighted by atomic mass is 32.2. The van der Waals surface area contributed by atoms with Gasteiger partial charge in [-0.05, 0) is 48.4 Å². The predicted molar refractivity (Wildman–Crippen MR) is 86.0 cm³/mol. The van der Waals surface area contributed by atoms with E-state index in [0.717, 1.165) is 35.1 Å². The van der Waals surface area contributed by atoms with Gasteiger partial charge in [-0.2, -0.15) is 0 Å². The Labute approximate surface area is 132 Å². The molecule has 0 aromatic heterocycles. The Morgan fingerprint density at radius 3 is 2.91 bits per heavy atom. The van der Waals surface area contributed by atoms with Crippen LogP contribution < -0.4 is 14.8 Å². The van der Waals surface area contributed by atoms with E-state index in [1.165, 1.54) is 24.6 Å². The molecule has 0 atom stereocenters. The van der Waals surface area contributed by atoms with E-state index in [4.69, 9.17) is 9.47 Å². The molecule has 1 aromatic carbocycles. The SMILES string of the molecule is O=C1NC(=NC2CCCC2)S/C1=C\c1ccc2c(c1)OCO2. The Bertz CT molecular complexity index is 678. The van der Waals surface area contributed by atoms with Crippen LogP contribution in [0.4, 0.5) is 0 Å². The maximum absolute atomic E-state index is 12.1. The Morgan fingerprint density at radius 1 is 1.23 bits per heavy atom. The number of carbonyl (C=O) groups excluding carboxylic acids is 1. The third-order valence-electron chi connectivity index (χ3n) is 3.97.